The molecule has 2 fully saturated rings. The number of carbonyl (C=O) groups is 1. The normalized spacial score (nSPS) is 30.5. The molecule has 3 unspecified atom stereocenters. The summed E-state index contributed by atoms with van der Waals surface area (Å²) in [5.41, 5.74) is -5.70. The van der Waals surface area contributed by atoms with Crippen molar-refractivity contribution >= 4 is 5.97 Å². The maximum Gasteiger partial charge on any atom is 0.426 e. The van der Waals surface area contributed by atoms with E-state index in [-0.39, 0.29) is 18.4 Å². The summed E-state index contributed by atoms with van der Waals surface area (Å²) >= 11 is 0. The third-order valence-electron chi connectivity index (χ3n) is 5.06. The summed E-state index contributed by atoms with van der Waals surface area (Å²) in [5.74, 6) is -2.18. The number of alkyl halides is 6. The Labute approximate surface area is 134 Å². The van der Waals surface area contributed by atoms with Crippen molar-refractivity contribution in [1.29, 1.82) is 0 Å². The Balaban J connectivity index is 2.18. The van der Waals surface area contributed by atoms with Crippen molar-refractivity contribution < 1.29 is 41.0 Å². The monoisotopic (exact) mass is 360 g/mol. The largest absolute Gasteiger partial charge is 0.456 e. The van der Waals surface area contributed by atoms with Crippen LogP contribution in [0.1, 0.15) is 39.0 Å². The van der Waals surface area contributed by atoms with Crippen LogP contribution >= 0.6 is 0 Å². The Morgan fingerprint density at radius 1 is 1.21 bits per heavy atom. The van der Waals surface area contributed by atoms with E-state index in [0.717, 1.165) is 0 Å². The summed E-state index contributed by atoms with van der Waals surface area (Å²) in [4.78, 5) is 11.7. The molecule has 138 valence electrons. The number of esters is 1. The molecule has 2 saturated carbocycles. The second kappa shape index (κ2) is 5.64. The van der Waals surface area contributed by atoms with E-state index in [1.54, 1.807) is 0 Å². The SMILES string of the molecule is C=C(C)C(=O)OC12CCC(C1)C(CC(O)(C(F)(F)F)C(F)(F)F)C2. The summed E-state index contributed by atoms with van der Waals surface area (Å²) in [6, 6.07) is 0. The number of hydrogen-bond acceptors (Lipinski definition) is 3. The zero-order chi connectivity index (χ0) is 18.6. The van der Waals surface area contributed by atoms with Crippen molar-refractivity contribution in [3.05, 3.63) is 12.2 Å². The molecule has 1 N–H and O–H groups in total. The Morgan fingerprint density at radius 3 is 2.21 bits per heavy atom. The lowest BCUT2D eigenvalue weighted by Crippen LogP contribution is -2.58. The minimum atomic E-state index is -5.82. The molecule has 0 aromatic carbocycles. The number of aliphatic hydroxyl groups is 1. The van der Waals surface area contributed by atoms with Crippen molar-refractivity contribution in [2.75, 3.05) is 0 Å². The zero-order valence-electron chi connectivity index (χ0n) is 12.9. The number of fused-ring (bicyclic) bond motifs is 2. The maximum absolute atomic E-state index is 12.8. The van der Waals surface area contributed by atoms with Gasteiger partial charge in [-0.1, -0.05) is 6.58 Å². The summed E-state index contributed by atoms with van der Waals surface area (Å²) < 4.78 is 82.3. The molecule has 0 saturated heterocycles. The van der Waals surface area contributed by atoms with Crippen molar-refractivity contribution in [3.63, 3.8) is 0 Å². The molecule has 3 nitrogen and oxygen atoms in total. The standard InChI is InChI=1S/C15H18F6O3/c1-8(2)11(22)24-12-4-3-9(5-12)10(6-12)7-13(23,14(16,17)18)15(19,20)21/h9-10,23H,1,3-7H2,2H3. The first-order valence-corrected chi connectivity index (χ1v) is 7.45. The molecule has 2 rings (SSSR count). The highest BCUT2D eigenvalue weighted by Crippen LogP contribution is 2.58. The average molecular weight is 360 g/mol. The second-order valence-corrected chi connectivity index (χ2v) is 6.88. The highest BCUT2D eigenvalue weighted by atomic mass is 19.4. The Morgan fingerprint density at radius 2 is 1.75 bits per heavy atom. The Bertz CT molecular complexity index is 524. The molecular weight excluding hydrogens is 342 g/mol. The lowest BCUT2D eigenvalue weighted by atomic mass is 9.79. The van der Waals surface area contributed by atoms with Gasteiger partial charge in [-0.15, -0.1) is 0 Å². The van der Waals surface area contributed by atoms with Gasteiger partial charge in [0.25, 0.3) is 5.60 Å². The van der Waals surface area contributed by atoms with Gasteiger partial charge in [-0.05, 0) is 50.9 Å². The molecule has 0 heterocycles. The Kier molecular flexibility index (Phi) is 4.48. The van der Waals surface area contributed by atoms with E-state index in [9.17, 15) is 36.2 Å². The fraction of sp³-hybridized carbons (Fsp3) is 0.800. The van der Waals surface area contributed by atoms with E-state index < -0.39 is 47.8 Å². The summed E-state index contributed by atoms with van der Waals surface area (Å²) in [5, 5.41) is 9.36. The second-order valence-electron chi connectivity index (χ2n) is 6.88. The van der Waals surface area contributed by atoms with E-state index >= 15 is 0 Å². The summed E-state index contributed by atoms with van der Waals surface area (Å²) in [6.07, 6.45) is -12.3. The van der Waals surface area contributed by atoms with Crippen LogP contribution in [0.3, 0.4) is 0 Å². The van der Waals surface area contributed by atoms with Crippen molar-refractivity contribution in [2.24, 2.45) is 11.8 Å². The van der Waals surface area contributed by atoms with Crippen molar-refractivity contribution in [3.8, 4) is 0 Å². The van der Waals surface area contributed by atoms with Gasteiger partial charge in [-0.2, -0.15) is 26.3 Å². The van der Waals surface area contributed by atoms with Gasteiger partial charge in [-0.3, -0.25) is 0 Å². The lowest BCUT2D eigenvalue weighted by molar-refractivity contribution is -0.373. The minimum absolute atomic E-state index is 0.110. The predicted molar refractivity (Wildman–Crippen MR) is 70.8 cm³/mol. The van der Waals surface area contributed by atoms with E-state index in [4.69, 9.17) is 4.74 Å². The van der Waals surface area contributed by atoms with Crippen molar-refractivity contribution in [1.82, 2.24) is 0 Å². The average Bonchev–Trinajstić information content (AvgIpc) is 2.93. The molecule has 0 spiro atoms. The molecule has 3 atom stereocenters. The topological polar surface area (TPSA) is 46.5 Å². The van der Waals surface area contributed by atoms with Gasteiger partial charge in [0.1, 0.15) is 5.60 Å². The van der Waals surface area contributed by atoms with E-state index in [0.29, 0.717) is 12.8 Å². The fourth-order valence-corrected chi connectivity index (χ4v) is 3.79. The van der Waals surface area contributed by atoms with Crippen LogP contribution in [0, 0.1) is 11.8 Å². The van der Waals surface area contributed by atoms with Gasteiger partial charge in [0.2, 0.25) is 0 Å². The minimum Gasteiger partial charge on any atom is -0.456 e. The maximum atomic E-state index is 12.8. The summed E-state index contributed by atoms with van der Waals surface area (Å²) in [7, 11) is 0. The molecule has 0 aliphatic heterocycles. The van der Waals surface area contributed by atoms with Crippen LogP contribution in [-0.2, 0) is 9.53 Å². The molecule has 2 aliphatic carbocycles. The first-order valence-electron chi connectivity index (χ1n) is 7.45. The van der Waals surface area contributed by atoms with Gasteiger partial charge < -0.3 is 9.84 Å². The molecule has 0 radical (unpaired) electrons. The van der Waals surface area contributed by atoms with Gasteiger partial charge in [0.05, 0.1) is 0 Å². The van der Waals surface area contributed by atoms with Crippen LogP contribution in [0.25, 0.3) is 0 Å². The molecule has 2 aliphatic rings. The first kappa shape index (κ1) is 19.1. The molecular formula is C15H18F6O3. The number of halogens is 6. The van der Waals surface area contributed by atoms with Crippen LogP contribution in [0.2, 0.25) is 0 Å². The van der Waals surface area contributed by atoms with Crippen LogP contribution < -0.4 is 0 Å². The smallest absolute Gasteiger partial charge is 0.426 e. The molecule has 0 amide bonds. The molecule has 0 aromatic rings. The highest BCUT2D eigenvalue weighted by Gasteiger charge is 2.71. The van der Waals surface area contributed by atoms with E-state index in [1.165, 1.54) is 6.92 Å². The van der Waals surface area contributed by atoms with Crippen molar-refractivity contribution in [2.45, 2.75) is 62.6 Å². The molecule has 2 bridgehead atoms. The lowest BCUT2D eigenvalue weighted by Gasteiger charge is -2.37. The van der Waals surface area contributed by atoms with Crippen LogP contribution in [0.5, 0.6) is 0 Å². The molecule has 24 heavy (non-hydrogen) atoms. The van der Waals surface area contributed by atoms with E-state index in [1.807, 2.05) is 0 Å². The Hall–Kier alpha value is -1.25. The number of rotatable bonds is 4. The number of hydrogen-bond donors (Lipinski definition) is 1. The van der Waals surface area contributed by atoms with Gasteiger partial charge >= 0.3 is 18.3 Å². The molecule has 0 aromatic heterocycles. The first-order chi connectivity index (χ1) is 10.7. The van der Waals surface area contributed by atoms with Crippen LogP contribution in [0.4, 0.5) is 26.3 Å². The fourth-order valence-electron chi connectivity index (χ4n) is 3.79. The van der Waals surface area contributed by atoms with Gasteiger partial charge in [-0.25, -0.2) is 4.79 Å². The van der Waals surface area contributed by atoms with Crippen LogP contribution in [0.15, 0.2) is 12.2 Å². The highest BCUT2D eigenvalue weighted by molar-refractivity contribution is 5.87. The van der Waals surface area contributed by atoms with Gasteiger partial charge in [0, 0.05) is 5.57 Å². The van der Waals surface area contributed by atoms with E-state index in [2.05, 4.69) is 6.58 Å². The predicted octanol–water partition coefficient (Wildman–Crippen LogP) is 3.91. The number of ether oxygens (including phenoxy) is 1. The molecule has 9 heteroatoms. The third-order valence-corrected chi connectivity index (χ3v) is 5.06. The third kappa shape index (κ3) is 3.14. The van der Waals surface area contributed by atoms with Crippen LogP contribution in [-0.4, -0.2) is 34.6 Å². The quantitative estimate of drug-likeness (QED) is 0.470. The zero-order valence-corrected chi connectivity index (χ0v) is 12.9. The number of carbonyl (C=O) groups excluding carboxylic acids is 1. The van der Waals surface area contributed by atoms with Gasteiger partial charge in [0.15, 0.2) is 0 Å². The summed E-state index contributed by atoms with van der Waals surface area (Å²) in [6.45, 7) is 4.81.